The van der Waals surface area contributed by atoms with Gasteiger partial charge in [-0.25, -0.2) is 4.79 Å². The van der Waals surface area contributed by atoms with E-state index in [1.807, 2.05) is 0 Å². The summed E-state index contributed by atoms with van der Waals surface area (Å²) in [5.74, 6) is -0.518. The number of cyclic esters (lactones) is 1. The number of ether oxygens (including phenoxy) is 1. The van der Waals surface area contributed by atoms with E-state index in [1.54, 1.807) is 0 Å². The summed E-state index contributed by atoms with van der Waals surface area (Å²) in [4.78, 5) is 21.7. The van der Waals surface area contributed by atoms with Gasteiger partial charge in [-0.3, -0.25) is 4.79 Å². The van der Waals surface area contributed by atoms with E-state index < -0.39 is 5.97 Å². The Kier molecular flexibility index (Phi) is 1.09. The first-order valence-electron chi connectivity index (χ1n) is 3.07. The quantitative estimate of drug-likeness (QED) is 0.502. The number of esters is 1. The normalized spacial score (nSPS) is 14.4. The van der Waals surface area contributed by atoms with Gasteiger partial charge < -0.3 is 9.15 Å². The van der Waals surface area contributed by atoms with Crippen LogP contribution >= 0.6 is 0 Å². The van der Waals surface area contributed by atoms with Crippen LogP contribution in [0.15, 0.2) is 21.5 Å². The van der Waals surface area contributed by atoms with E-state index >= 15 is 0 Å². The highest BCUT2D eigenvalue weighted by atomic mass is 16.6. The zero-order valence-electron chi connectivity index (χ0n) is 5.49. The van der Waals surface area contributed by atoms with Crippen molar-refractivity contribution >= 4 is 5.97 Å². The van der Waals surface area contributed by atoms with Crippen molar-refractivity contribution in [3.05, 3.63) is 33.9 Å². The van der Waals surface area contributed by atoms with Gasteiger partial charge in [-0.2, -0.15) is 0 Å². The molecule has 0 saturated heterocycles. The minimum Gasteiger partial charge on any atom is -0.457 e. The SMILES string of the molecule is O=C1OCc2c1occc2=O. The number of carbonyl (C=O) groups is 1. The second-order valence-corrected chi connectivity index (χ2v) is 2.17. The molecule has 2 heterocycles. The van der Waals surface area contributed by atoms with Crippen molar-refractivity contribution in [2.45, 2.75) is 6.61 Å². The molecule has 0 fully saturated rings. The van der Waals surface area contributed by atoms with Crippen LogP contribution in [-0.2, 0) is 11.3 Å². The van der Waals surface area contributed by atoms with Gasteiger partial charge in [0.2, 0.25) is 5.76 Å². The lowest BCUT2D eigenvalue weighted by atomic mass is 10.2. The minimum atomic E-state index is -0.558. The van der Waals surface area contributed by atoms with Crippen molar-refractivity contribution in [1.82, 2.24) is 0 Å². The maximum absolute atomic E-state index is 11.0. The largest absolute Gasteiger partial charge is 0.457 e. The Labute approximate surface area is 61.4 Å². The highest BCUT2D eigenvalue weighted by Crippen LogP contribution is 2.14. The second kappa shape index (κ2) is 1.95. The van der Waals surface area contributed by atoms with Crippen LogP contribution < -0.4 is 5.43 Å². The molecular weight excluding hydrogens is 148 g/mol. The van der Waals surface area contributed by atoms with E-state index in [-0.39, 0.29) is 17.8 Å². The summed E-state index contributed by atoms with van der Waals surface area (Å²) >= 11 is 0. The maximum atomic E-state index is 11.0. The lowest BCUT2D eigenvalue weighted by Gasteiger charge is -1.87. The Hall–Kier alpha value is -1.58. The van der Waals surface area contributed by atoms with Crippen molar-refractivity contribution in [2.75, 3.05) is 0 Å². The standard InChI is InChI=1S/C7H4O4/c8-5-1-2-10-6-4(5)3-11-7(6)9/h1-2H,3H2. The molecule has 11 heavy (non-hydrogen) atoms. The Balaban J connectivity index is 2.76. The topological polar surface area (TPSA) is 56.5 Å². The molecule has 4 heteroatoms. The van der Waals surface area contributed by atoms with Crippen LogP contribution in [0.25, 0.3) is 0 Å². The van der Waals surface area contributed by atoms with Crippen LogP contribution in [0.4, 0.5) is 0 Å². The van der Waals surface area contributed by atoms with E-state index in [0.717, 1.165) is 0 Å². The van der Waals surface area contributed by atoms with Crippen LogP contribution in [0, 0.1) is 0 Å². The number of hydrogen-bond donors (Lipinski definition) is 0. The van der Waals surface area contributed by atoms with Crippen molar-refractivity contribution in [1.29, 1.82) is 0 Å². The fourth-order valence-electron chi connectivity index (χ4n) is 0.959. The van der Waals surface area contributed by atoms with Crippen LogP contribution in [0.1, 0.15) is 16.1 Å². The first-order chi connectivity index (χ1) is 5.29. The molecule has 0 aromatic carbocycles. The van der Waals surface area contributed by atoms with Crippen LogP contribution in [0.5, 0.6) is 0 Å². The minimum absolute atomic E-state index is 0.0390. The number of rotatable bonds is 0. The first kappa shape index (κ1) is 6.15. The lowest BCUT2D eigenvalue weighted by molar-refractivity contribution is 0.0510. The van der Waals surface area contributed by atoms with Gasteiger partial charge in [-0.15, -0.1) is 0 Å². The van der Waals surface area contributed by atoms with E-state index in [2.05, 4.69) is 4.74 Å². The Morgan fingerprint density at radius 1 is 1.36 bits per heavy atom. The summed E-state index contributed by atoms with van der Waals surface area (Å²) in [5.41, 5.74) is 0.106. The Bertz CT molecular complexity index is 363. The number of hydrogen-bond acceptors (Lipinski definition) is 4. The Morgan fingerprint density at radius 3 is 2.91 bits per heavy atom. The highest BCUT2D eigenvalue weighted by molar-refractivity contribution is 5.89. The summed E-state index contributed by atoms with van der Waals surface area (Å²) < 4.78 is 9.36. The zero-order chi connectivity index (χ0) is 7.84. The molecule has 2 rings (SSSR count). The summed E-state index contributed by atoms with van der Waals surface area (Å²) in [7, 11) is 0. The zero-order valence-corrected chi connectivity index (χ0v) is 5.49. The molecule has 0 saturated carbocycles. The van der Waals surface area contributed by atoms with E-state index in [1.165, 1.54) is 12.3 Å². The molecule has 4 nitrogen and oxygen atoms in total. The molecule has 0 bridgehead atoms. The predicted molar refractivity (Wildman–Crippen MR) is 34.1 cm³/mol. The smallest absolute Gasteiger partial charge is 0.375 e. The molecule has 0 N–H and O–H groups in total. The van der Waals surface area contributed by atoms with Crippen molar-refractivity contribution in [3.8, 4) is 0 Å². The lowest BCUT2D eigenvalue weighted by Crippen LogP contribution is -2.05. The molecule has 56 valence electrons. The summed E-state index contributed by atoms with van der Waals surface area (Å²) in [5, 5.41) is 0. The molecule has 1 aliphatic rings. The summed E-state index contributed by atoms with van der Waals surface area (Å²) in [6, 6.07) is 1.26. The molecule has 1 aromatic rings. The van der Waals surface area contributed by atoms with Crippen LogP contribution in [0.3, 0.4) is 0 Å². The summed E-state index contributed by atoms with van der Waals surface area (Å²) in [6.45, 7) is 0.0390. The third kappa shape index (κ3) is 0.756. The summed E-state index contributed by atoms with van der Waals surface area (Å²) in [6.07, 6.45) is 1.19. The number of fused-ring (bicyclic) bond motifs is 1. The van der Waals surface area contributed by atoms with E-state index in [0.29, 0.717) is 5.56 Å². The third-order valence-corrected chi connectivity index (χ3v) is 1.51. The van der Waals surface area contributed by atoms with Gasteiger partial charge in [-0.1, -0.05) is 0 Å². The van der Waals surface area contributed by atoms with Gasteiger partial charge in [0.15, 0.2) is 5.43 Å². The predicted octanol–water partition coefficient (Wildman–Crippen LogP) is 0.310. The van der Waals surface area contributed by atoms with Crippen LogP contribution in [-0.4, -0.2) is 5.97 Å². The number of carbonyl (C=O) groups excluding carboxylic acids is 1. The molecule has 0 aliphatic carbocycles. The highest BCUT2D eigenvalue weighted by Gasteiger charge is 2.25. The molecule has 1 aliphatic heterocycles. The monoisotopic (exact) mass is 152 g/mol. The molecule has 0 amide bonds. The second-order valence-electron chi connectivity index (χ2n) is 2.17. The molecule has 0 unspecified atom stereocenters. The van der Waals surface area contributed by atoms with Crippen molar-refractivity contribution < 1.29 is 13.9 Å². The fraction of sp³-hybridized carbons (Fsp3) is 0.143. The average molecular weight is 152 g/mol. The molecule has 0 spiro atoms. The molecular formula is C7H4O4. The molecule has 0 radical (unpaired) electrons. The fourth-order valence-corrected chi connectivity index (χ4v) is 0.959. The van der Waals surface area contributed by atoms with E-state index in [9.17, 15) is 9.59 Å². The molecule has 1 aromatic heterocycles. The van der Waals surface area contributed by atoms with Gasteiger partial charge >= 0.3 is 5.97 Å². The first-order valence-corrected chi connectivity index (χ1v) is 3.07. The Morgan fingerprint density at radius 2 is 2.18 bits per heavy atom. The van der Waals surface area contributed by atoms with Gasteiger partial charge in [0.25, 0.3) is 0 Å². The maximum Gasteiger partial charge on any atom is 0.375 e. The van der Waals surface area contributed by atoms with Gasteiger partial charge in [0.05, 0.1) is 11.8 Å². The third-order valence-electron chi connectivity index (χ3n) is 1.51. The van der Waals surface area contributed by atoms with Gasteiger partial charge in [-0.05, 0) is 0 Å². The van der Waals surface area contributed by atoms with Crippen molar-refractivity contribution in [3.63, 3.8) is 0 Å². The van der Waals surface area contributed by atoms with Crippen LogP contribution in [0.2, 0.25) is 0 Å². The van der Waals surface area contributed by atoms with Crippen molar-refractivity contribution in [2.24, 2.45) is 0 Å². The van der Waals surface area contributed by atoms with Gasteiger partial charge in [0, 0.05) is 6.07 Å². The van der Waals surface area contributed by atoms with Gasteiger partial charge in [0.1, 0.15) is 6.61 Å². The average Bonchev–Trinajstić information content (AvgIpc) is 2.35. The molecule has 0 atom stereocenters. The van der Waals surface area contributed by atoms with E-state index in [4.69, 9.17) is 4.42 Å².